The van der Waals surface area contributed by atoms with Crippen LogP contribution in [0.4, 0.5) is 0 Å². The molecule has 0 heterocycles. The molecule has 100 valence electrons. The molecule has 1 aromatic rings. The molecule has 0 aromatic heterocycles. The van der Waals surface area contributed by atoms with E-state index in [4.69, 9.17) is 27.5 Å². The number of halogens is 1. The zero-order valence-corrected chi connectivity index (χ0v) is 11.0. The molecule has 0 unspecified atom stereocenters. The number of benzene rings is 1. The van der Waals surface area contributed by atoms with Gasteiger partial charge in [-0.2, -0.15) is 0 Å². The van der Waals surface area contributed by atoms with Crippen LogP contribution in [0.15, 0.2) is 12.1 Å². The predicted molar refractivity (Wildman–Crippen MR) is 70.7 cm³/mol. The average Bonchev–Trinajstić information content (AvgIpc) is 2.42. The van der Waals surface area contributed by atoms with Crippen LogP contribution in [0.3, 0.4) is 0 Å². The van der Waals surface area contributed by atoms with E-state index in [1.807, 2.05) is 0 Å². The van der Waals surface area contributed by atoms with Gasteiger partial charge < -0.3 is 14.8 Å². The Hall–Kier alpha value is -2.19. The zero-order valence-electron chi connectivity index (χ0n) is 10.2. The number of terminal acetylenes is 1. The first-order valence-electron chi connectivity index (χ1n) is 5.28. The Bertz CT molecular complexity index is 522. The first kappa shape index (κ1) is 14.9. The van der Waals surface area contributed by atoms with E-state index in [-0.39, 0.29) is 35.6 Å². The van der Waals surface area contributed by atoms with Crippen molar-refractivity contribution in [2.45, 2.75) is 0 Å². The Morgan fingerprint density at radius 2 is 2.32 bits per heavy atom. The van der Waals surface area contributed by atoms with Gasteiger partial charge in [-0.25, -0.2) is 0 Å². The fourth-order valence-electron chi connectivity index (χ4n) is 1.29. The first-order valence-corrected chi connectivity index (χ1v) is 5.65. The third-order valence-corrected chi connectivity index (χ3v) is 2.40. The topological polar surface area (TPSA) is 64.6 Å². The van der Waals surface area contributed by atoms with Crippen molar-refractivity contribution in [1.29, 1.82) is 0 Å². The molecule has 6 heteroatoms. The average molecular weight is 282 g/mol. The smallest absolute Gasteiger partial charge is 0.258 e. The Balaban J connectivity index is 2.80. The molecule has 19 heavy (non-hydrogen) atoms. The Labute approximate surface area is 115 Å². The number of hydrogen-bond donors (Lipinski definition) is 1. The minimum atomic E-state index is -0.379. The van der Waals surface area contributed by atoms with Gasteiger partial charge in [0.2, 0.25) is 0 Å². The summed E-state index contributed by atoms with van der Waals surface area (Å²) in [5.74, 6) is 2.37. The number of carbonyl (C=O) groups is 2. The van der Waals surface area contributed by atoms with Crippen molar-refractivity contribution in [2.24, 2.45) is 0 Å². The van der Waals surface area contributed by atoms with Crippen molar-refractivity contribution in [3.63, 3.8) is 0 Å². The summed E-state index contributed by atoms with van der Waals surface area (Å²) in [6.45, 7) is -0.130. The molecule has 0 aliphatic heterocycles. The zero-order chi connectivity index (χ0) is 14.3. The van der Waals surface area contributed by atoms with E-state index in [1.165, 1.54) is 19.2 Å². The van der Waals surface area contributed by atoms with Gasteiger partial charge in [-0.3, -0.25) is 9.59 Å². The summed E-state index contributed by atoms with van der Waals surface area (Å²) in [6, 6.07) is 2.89. The van der Waals surface area contributed by atoms with Gasteiger partial charge in [0.15, 0.2) is 18.1 Å². The summed E-state index contributed by atoms with van der Waals surface area (Å²) in [6.07, 6.45) is 5.64. The van der Waals surface area contributed by atoms with E-state index in [0.29, 0.717) is 11.8 Å². The summed E-state index contributed by atoms with van der Waals surface area (Å²) < 4.78 is 10.3. The Morgan fingerprint density at radius 3 is 2.89 bits per heavy atom. The van der Waals surface area contributed by atoms with Gasteiger partial charge in [0.05, 0.1) is 18.7 Å². The van der Waals surface area contributed by atoms with Gasteiger partial charge in [0.1, 0.15) is 6.29 Å². The van der Waals surface area contributed by atoms with Crippen molar-refractivity contribution in [3.05, 3.63) is 22.7 Å². The maximum atomic E-state index is 11.3. The minimum Gasteiger partial charge on any atom is -0.493 e. The van der Waals surface area contributed by atoms with E-state index in [9.17, 15) is 9.59 Å². The van der Waals surface area contributed by atoms with Crippen LogP contribution in [0.2, 0.25) is 5.02 Å². The predicted octanol–water partition coefficient (Wildman–Crippen LogP) is 1.29. The van der Waals surface area contributed by atoms with Crippen molar-refractivity contribution in [1.82, 2.24) is 5.32 Å². The van der Waals surface area contributed by atoms with E-state index in [1.54, 1.807) is 0 Å². The quantitative estimate of drug-likeness (QED) is 0.630. The Morgan fingerprint density at radius 1 is 1.58 bits per heavy atom. The third kappa shape index (κ3) is 4.19. The van der Waals surface area contributed by atoms with Crippen LogP contribution in [0.1, 0.15) is 10.4 Å². The second kappa shape index (κ2) is 7.29. The second-order valence-electron chi connectivity index (χ2n) is 3.42. The highest BCUT2D eigenvalue weighted by Crippen LogP contribution is 2.35. The summed E-state index contributed by atoms with van der Waals surface area (Å²) in [5.41, 5.74) is 0.353. The molecule has 0 fully saturated rings. The third-order valence-electron chi connectivity index (χ3n) is 2.12. The molecule has 0 saturated heterocycles. The van der Waals surface area contributed by atoms with Crippen LogP contribution in [0.25, 0.3) is 0 Å². The van der Waals surface area contributed by atoms with Crippen LogP contribution >= 0.6 is 11.6 Å². The van der Waals surface area contributed by atoms with Crippen LogP contribution in [0.5, 0.6) is 11.5 Å². The molecule has 0 aliphatic carbocycles. The van der Waals surface area contributed by atoms with E-state index in [0.717, 1.165) is 0 Å². The highest BCUT2D eigenvalue weighted by Gasteiger charge is 2.13. The van der Waals surface area contributed by atoms with Crippen LogP contribution in [-0.4, -0.2) is 32.5 Å². The lowest BCUT2D eigenvalue weighted by atomic mass is 10.2. The van der Waals surface area contributed by atoms with Crippen LogP contribution < -0.4 is 14.8 Å². The number of hydrogen-bond acceptors (Lipinski definition) is 4. The number of carbonyl (C=O) groups excluding carboxylic acids is 2. The molecule has 0 spiro atoms. The van der Waals surface area contributed by atoms with Gasteiger partial charge >= 0.3 is 0 Å². The highest BCUT2D eigenvalue weighted by atomic mass is 35.5. The van der Waals surface area contributed by atoms with Crippen LogP contribution in [0, 0.1) is 12.3 Å². The lowest BCUT2D eigenvalue weighted by Gasteiger charge is -2.12. The van der Waals surface area contributed by atoms with Gasteiger partial charge in [-0.15, -0.1) is 6.42 Å². The SMILES string of the molecule is C#CCNC(=O)COc1c(Cl)cc(C=O)cc1OC. The van der Waals surface area contributed by atoms with E-state index in [2.05, 4.69) is 11.2 Å². The summed E-state index contributed by atoms with van der Waals surface area (Å²) >= 11 is 5.95. The summed E-state index contributed by atoms with van der Waals surface area (Å²) in [4.78, 5) is 22.0. The molecule has 1 rings (SSSR count). The molecule has 1 amide bonds. The van der Waals surface area contributed by atoms with Gasteiger partial charge in [-0.1, -0.05) is 17.5 Å². The molecule has 0 atom stereocenters. The van der Waals surface area contributed by atoms with Gasteiger partial charge in [0.25, 0.3) is 5.91 Å². The van der Waals surface area contributed by atoms with E-state index < -0.39 is 0 Å². The molecule has 1 aromatic carbocycles. The molecular weight excluding hydrogens is 270 g/mol. The lowest BCUT2D eigenvalue weighted by molar-refractivity contribution is -0.122. The van der Waals surface area contributed by atoms with Gasteiger partial charge in [0, 0.05) is 5.56 Å². The maximum absolute atomic E-state index is 11.3. The molecule has 1 N–H and O–H groups in total. The number of amides is 1. The number of ether oxygens (including phenoxy) is 2. The van der Waals surface area contributed by atoms with Gasteiger partial charge in [-0.05, 0) is 12.1 Å². The van der Waals surface area contributed by atoms with Crippen molar-refractivity contribution >= 4 is 23.8 Å². The Kier molecular flexibility index (Phi) is 5.71. The largest absolute Gasteiger partial charge is 0.493 e. The fourth-order valence-corrected chi connectivity index (χ4v) is 1.56. The maximum Gasteiger partial charge on any atom is 0.258 e. The normalized spacial score (nSPS) is 9.32. The minimum absolute atomic E-state index is 0.122. The van der Waals surface area contributed by atoms with Crippen molar-refractivity contribution in [2.75, 3.05) is 20.3 Å². The van der Waals surface area contributed by atoms with E-state index >= 15 is 0 Å². The lowest BCUT2D eigenvalue weighted by Crippen LogP contribution is -2.29. The number of nitrogens with one attached hydrogen (secondary N) is 1. The molecule has 0 radical (unpaired) electrons. The molecular formula is C13H12ClNO4. The summed E-state index contributed by atoms with van der Waals surface area (Å²) in [7, 11) is 1.41. The number of rotatable bonds is 6. The number of methoxy groups -OCH3 is 1. The second-order valence-corrected chi connectivity index (χ2v) is 3.83. The highest BCUT2D eigenvalue weighted by molar-refractivity contribution is 6.32. The molecule has 0 bridgehead atoms. The first-order chi connectivity index (χ1) is 9.12. The molecule has 0 aliphatic rings. The summed E-state index contributed by atoms with van der Waals surface area (Å²) in [5, 5.41) is 2.63. The molecule has 0 saturated carbocycles. The standard InChI is InChI=1S/C13H12ClNO4/c1-3-4-15-12(17)8-19-13-10(14)5-9(7-16)6-11(13)18-2/h1,5-7H,4,8H2,2H3,(H,15,17). The van der Waals surface area contributed by atoms with Crippen LogP contribution in [-0.2, 0) is 4.79 Å². The number of aldehydes is 1. The fraction of sp³-hybridized carbons (Fsp3) is 0.231. The monoisotopic (exact) mass is 281 g/mol. The molecule has 5 nitrogen and oxygen atoms in total. The van der Waals surface area contributed by atoms with Crippen molar-refractivity contribution in [3.8, 4) is 23.8 Å². The van der Waals surface area contributed by atoms with Crippen molar-refractivity contribution < 1.29 is 19.1 Å².